The van der Waals surface area contributed by atoms with Gasteiger partial charge in [-0.25, -0.2) is 4.98 Å². The minimum absolute atomic E-state index is 0. The van der Waals surface area contributed by atoms with Crippen molar-refractivity contribution in [3.8, 4) is 0 Å². The van der Waals surface area contributed by atoms with Gasteiger partial charge in [-0.3, -0.25) is 0 Å². The molecule has 0 unspecified atom stereocenters. The van der Waals surface area contributed by atoms with Crippen LogP contribution < -0.4 is 5.32 Å². The highest BCUT2D eigenvalue weighted by atomic mass is 35.5. The molecule has 1 fully saturated rings. The van der Waals surface area contributed by atoms with Crippen LogP contribution in [0.15, 0.2) is 24.3 Å². The van der Waals surface area contributed by atoms with E-state index < -0.39 is 0 Å². The highest BCUT2D eigenvalue weighted by molar-refractivity contribution is 5.85. The summed E-state index contributed by atoms with van der Waals surface area (Å²) in [6.45, 7) is 1.90. The van der Waals surface area contributed by atoms with Crippen molar-refractivity contribution in [3.63, 3.8) is 0 Å². The van der Waals surface area contributed by atoms with Crippen LogP contribution >= 0.6 is 12.4 Å². The molecule has 0 atom stereocenters. The Balaban J connectivity index is 0.00000108. The smallest absolute Gasteiger partial charge is 0.143 e. The van der Waals surface area contributed by atoms with Crippen LogP contribution in [0.3, 0.4) is 0 Å². The van der Waals surface area contributed by atoms with E-state index in [0.29, 0.717) is 11.3 Å². The van der Waals surface area contributed by atoms with E-state index in [-0.39, 0.29) is 18.3 Å². The van der Waals surface area contributed by atoms with Crippen molar-refractivity contribution in [1.82, 2.24) is 15.1 Å². The van der Waals surface area contributed by atoms with Crippen molar-refractivity contribution in [3.05, 3.63) is 30.1 Å². The molecule has 1 N–H and O–H groups in total. The second-order valence-corrected chi connectivity index (χ2v) is 4.26. The lowest BCUT2D eigenvalue weighted by atomic mass is 9.98. The van der Waals surface area contributed by atoms with Crippen LogP contribution in [-0.4, -0.2) is 22.9 Å². The first kappa shape index (κ1) is 12.3. The predicted octanol–water partition coefficient (Wildman–Crippen LogP) is 2.66. The minimum Gasteiger partial charge on any atom is -0.317 e. The van der Waals surface area contributed by atoms with Crippen LogP contribution in [0.2, 0.25) is 0 Å². The number of hydrogen-bond donors (Lipinski definition) is 1. The standard InChI is InChI=1S/C12H14FN3.ClH/c13-16-11-4-2-1-3-10(11)15-12(16)9-5-7-14-8-6-9;/h1-4,9,14H,5-8H2;1H. The number of halogens is 2. The van der Waals surface area contributed by atoms with E-state index >= 15 is 0 Å². The van der Waals surface area contributed by atoms with E-state index in [4.69, 9.17) is 0 Å². The average molecular weight is 256 g/mol. The SMILES string of the molecule is Cl.Fn1c(C2CCNCC2)nc2ccccc21. The molecule has 1 saturated heterocycles. The molecule has 1 aromatic heterocycles. The van der Waals surface area contributed by atoms with E-state index in [2.05, 4.69) is 10.3 Å². The largest absolute Gasteiger partial charge is 0.317 e. The molecule has 0 spiro atoms. The first-order valence-corrected chi connectivity index (χ1v) is 5.70. The van der Waals surface area contributed by atoms with Gasteiger partial charge in [0.25, 0.3) is 0 Å². The molecule has 0 saturated carbocycles. The van der Waals surface area contributed by atoms with Gasteiger partial charge in [-0.15, -0.1) is 12.4 Å². The summed E-state index contributed by atoms with van der Waals surface area (Å²) in [6, 6.07) is 7.36. The molecule has 92 valence electrons. The molecular formula is C12H15ClFN3. The zero-order chi connectivity index (χ0) is 11.0. The third-order valence-electron chi connectivity index (χ3n) is 3.23. The number of para-hydroxylation sites is 2. The normalized spacial score (nSPS) is 17.0. The maximum atomic E-state index is 14.0. The van der Waals surface area contributed by atoms with Crippen LogP contribution in [0.25, 0.3) is 11.0 Å². The second kappa shape index (κ2) is 5.02. The molecule has 0 aliphatic carbocycles. The molecule has 5 heteroatoms. The first-order valence-electron chi connectivity index (χ1n) is 5.70. The summed E-state index contributed by atoms with van der Waals surface area (Å²) in [4.78, 5) is 5.15. The molecule has 0 radical (unpaired) electrons. The lowest BCUT2D eigenvalue weighted by Gasteiger charge is -2.20. The summed E-state index contributed by atoms with van der Waals surface area (Å²) in [5.41, 5.74) is 1.33. The zero-order valence-corrected chi connectivity index (χ0v) is 10.2. The van der Waals surface area contributed by atoms with Crippen molar-refractivity contribution in [2.45, 2.75) is 18.8 Å². The number of piperidine rings is 1. The molecular weight excluding hydrogens is 241 g/mol. The molecule has 1 aliphatic heterocycles. The molecule has 0 amide bonds. The molecule has 3 nitrogen and oxygen atoms in total. The van der Waals surface area contributed by atoms with Gasteiger partial charge in [-0.05, 0) is 38.1 Å². The molecule has 0 bridgehead atoms. The van der Waals surface area contributed by atoms with Gasteiger partial charge in [0.05, 0.1) is 5.52 Å². The van der Waals surface area contributed by atoms with Gasteiger partial charge in [-0.1, -0.05) is 16.6 Å². The van der Waals surface area contributed by atoms with Crippen LogP contribution in [0, 0.1) is 0 Å². The Morgan fingerprint density at radius 1 is 1.24 bits per heavy atom. The maximum absolute atomic E-state index is 14.0. The highest BCUT2D eigenvalue weighted by Gasteiger charge is 2.22. The van der Waals surface area contributed by atoms with Gasteiger partial charge in [-0.2, -0.15) is 4.79 Å². The first-order chi connectivity index (χ1) is 7.86. The zero-order valence-electron chi connectivity index (χ0n) is 9.40. The highest BCUT2D eigenvalue weighted by Crippen LogP contribution is 2.27. The Labute approximate surface area is 105 Å². The molecule has 1 aliphatic rings. The number of benzene rings is 1. The summed E-state index contributed by atoms with van der Waals surface area (Å²) < 4.78 is 14.0. The molecule has 3 rings (SSSR count). The third-order valence-corrected chi connectivity index (χ3v) is 3.23. The number of imidazole rings is 1. The molecule has 1 aromatic carbocycles. The van der Waals surface area contributed by atoms with Gasteiger partial charge < -0.3 is 5.32 Å². The lowest BCUT2D eigenvalue weighted by molar-refractivity contribution is 0.332. The number of aromatic nitrogens is 2. The van der Waals surface area contributed by atoms with Crippen molar-refractivity contribution >= 4 is 23.4 Å². The van der Waals surface area contributed by atoms with Crippen molar-refractivity contribution in [2.75, 3.05) is 13.1 Å². The number of nitrogens with one attached hydrogen (secondary N) is 1. The van der Waals surface area contributed by atoms with E-state index in [1.54, 1.807) is 6.07 Å². The fourth-order valence-electron chi connectivity index (χ4n) is 2.35. The fraction of sp³-hybridized carbons (Fsp3) is 0.417. The van der Waals surface area contributed by atoms with Crippen LogP contribution in [0.1, 0.15) is 24.6 Å². The van der Waals surface area contributed by atoms with E-state index in [1.807, 2.05) is 18.2 Å². The van der Waals surface area contributed by atoms with Crippen LogP contribution in [-0.2, 0) is 0 Å². The topological polar surface area (TPSA) is 29.9 Å². The summed E-state index contributed by atoms with van der Waals surface area (Å²) in [5.74, 6) is 0.835. The molecule has 2 aromatic rings. The van der Waals surface area contributed by atoms with E-state index in [0.717, 1.165) is 36.2 Å². The number of rotatable bonds is 1. The molecule has 2 heterocycles. The fourth-order valence-corrected chi connectivity index (χ4v) is 2.35. The minimum atomic E-state index is 0. The second-order valence-electron chi connectivity index (χ2n) is 4.26. The van der Waals surface area contributed by atoms with Gasteiger partial charge in [0, 0.05) is 5.92 Å². The maximum Gasteiger partial charge on any atom is 0.143 e. The monoisotopic (exact) mass is 255 g/mol. The summed E-state index contributed by atoms with van der Waals surface area (Å²) in [5, 5.41) is 3.28. The lowest BCUT2D eigenvalue weighted by Crippen LogP contribution is -2.27. The van der Waals surface area contributed by atoms with Gasteiger partial charge in [0.2, 0.25) is 0 Å². The van der Waals surface area contributed by atoms with Crippen molar-refractivity contribution < 1.29 is 4.48 Å². The Bertz CT molecular complexity index is 505. The predicted molar refractivity (Wildman–Crippen MR) is 68.3 cm³/mol. The van der Waals surface area contributed by atoms with Crippen molar-refractivity contribution in [2.24, 2.45) is 0 Å². The van der Waals surface area contributed by atoms with E-state index in [1.165, 1.54) is 0 Å². The number of hydrogen-bond acceptors (Lipinski definition) is 2. The summed E-state index contributed by atoms with van der Waals surface area (Å²) in [7, 11) is 0. The van der Waals surface area contributed by atoms with Gasteiger partial charge >= 0.3 is 0 Å². The summed E-state index contributed by atoms with van der Waals surface area (Å²) in [6.07, 6.45) is 1.93. The Kier molecular flexibility index (Phi) is 3.64. The van der Waals surface area contributed by atoms with Crippen LogP contribution in [0.5, 0.6) is 0 Å². The van der Waals surface area contributed by atoms with E-state index in [9.17, 15) is 4.48 Å². The quantitative estimate of drug-likeness (QED) is 0.849. The summed E-state index contributed by atoms with van der Waals surface area (Å²) >= 11 is 0. The Morgan fingerprint density at radius 3 is 2.65 bits per heavy atom. The number of nitrogens with zero attached hydrogens (tertiary/aromatic N) is 2. The van der Waals surface area contributed by atoms with Crippen LogP contribution in [0.4, 0.5) is 4.48 Å². The number of fused-ring (bicyclic) bond motifs is 1. The third kappa shape index (κ3) is 2.15. The Morgan fingerprint density at radius 2 is 1.94 bits per heavy atom. The Hall–Kier alpha value is -1.13. The van der Waals surface area contributed by atoms with Gasteiger partial charge in [0.15, 0.2) is 0 Å². The van der Waals surface area contributed by atoms with Gasteiger partial charge in [0.1, 0.15) is 11.3 Å². The molecule has 17 heavy (non-hydrogen) atoms. The van der Waals surface area contributed by atoms with Crippen molar-refractivity contribution in [1.29, 1.82) is 0 Å². The average Bonchev–Trinajstić information content (AvgIpc) is 2.69.